The van der Waals surface area contributed by atoms with E-state index in [1.807, 2.05) is 24.3 Å². The number of nitrogens with one attached hydrogen (secondary N) is 1. The van der Waals surface area contributed by atoms with Crippen LogP contribution in [0.15, 0.2) is 53.0 Å². The van der Waals surface area contributed by atoms with E-state index in [0.717, 1.165) is 16.6 Å². The Morgan fingerprint density at radius 2 is 1.67 bits per heavy atom. The Labute approximate surface area is 116 Å². The van der Waals surface area contributed by atoms with Gasteiger partial charge >= 0.3 is 0 Å². The summed E-state index contributed by atoms with van der Waals surface area (Å²) < 4.78 is 1.08. The maximum Gasteiger partial charge on any atom is 0.115 e. The topological polar surface area (TPSA) is 32.3 Å². The summed E-state index contributed by atoms with van der Waals surface area (Å²) in [5.74, 6) is 0.312. The van der Waals surface area contributed by atoms with Crippen LogP contribution in [0.5, 0.6) is 5.75 Å². The molecule has 0 aromatic heterocycles. The number of halogens is 1. The monoisotopic (exact) mass is 305 g/mol. The molecule has 0 bridgehead atoms. The maximum absolute atomic E-state index is 9.23. The first-order valence-electron chi connectivity index (χ1n) is 5.93. The van der Waals surface area contributed by atoms with Crippen LogP contribution in [0.2, 0.25) is 0 Å². The first-order valence-corrected chi connectivity index (χ1v) is 6.73. The predicted molar refractivity (Wildman–Crippen MR) is 79.0 cm³/mol. The highest BCUT2D eigenvalue weighted by molar-refractivity contribution is 9.10. The zero-order valence-corrected chi connectivity index (χ0v) is 11.8. The van der Waals surface area contributed by atoms with E-state index in [1.54, 1.807) is 12.1 Å². The largest absolute Gasteiger partial charge is 0.508 e. The van der Waals surface area contributed by atoms with Crippen LogP contribution in [-0.4, -0.2) is 11.1 Å². The Morgan fingerprint density at radius 3 is 2.28 bits per heavy atom. The van der Waals surface area contributed by atoms with Crippen LogP contribution in [0, 0.1) is 0 Å². The van der Waals surface area contributed by atoms with Crippen molar-refractivity contribution in [3.63, 3.8) is 0 Å². The molecule has 0 spiro atoms. The summed E-state index contributed by atoms with van der Waals surface area (Å²) in [5, 5.41) is 12.7. The van der Waals surface area contributed by atoms with Crippen LogP contribution >= 0.6 is 15.9 Å². The molecule has 0 aliphatic heterocycles. The number of rotatable bonds is 4. The molecule has 0 amide bonds. The third-order valence-corrected chi connectivity index (χ3v) is 3.26. The number of phenols is 1. The predicted octanol–water partition coefficient (Wildman–Crippen LogP) is 4.20. The molecule has 0 aliphatic rings. The summed E-state index contributed by atoms with van der Waals surface area (Å²) in [5.41, 5.74) is 2.33. The zero-order valence-electron chi connectivity index (χ0n) is 10.2. The van der Waals surface area contributed by atoms with Crippen molar-refractivity contribution < 1.29 is 5.11 Å². The highest BCUT2D eigenvalue weighted by Gasteiger charge is 2.03. The Kier molecular flexibility index (Phi) is 4.26. The van der Waals surface area contributed by atoms with Gasteiger partial charge in [-0.1, -0.05) is 28.1 Å². The summed E-state index contributed by atoms with van der Waals surface area (Å²) in [7, 11) is 0. The van der Waals surface area contributed by atoms with Gasteiger partial charge in [0.2, 0.25) is 0 Å². The molecule has 2 rings (SSSR count). The number of benzene rings is 2. The van der Waals surface area contributed by atoms with Gasteiger partial charge in [0.25, 0.3) is 0 Å². The van der Waals surface area contributed by atoms with Crippen molar-refractivity contribution >= 4 is 21.6 Å². The summed E-state index contributed by atoms with van der Waals surface area (Å²) in [4.78, 5) is 0. The SMILES string of the molecule is CC(Cc1ccc(O)cc1)Nc1ccc(Br)cc1. The molecule has 0 saturated heterocycles. The Hall–Kier alpha value is -1.48. The molecule has 0 heterocycles. The van der Waals surface area contributed by atoms with Gasteiger partial charge in [0.1, 0.15) is 5.75 Å². The van der Waals surface area contributed by atoms with Gasteiger partial charge in [-0.15, -0.1) is 0 Å². The minimum absolute atomic E-state index is 0.312. The average Bonchev–Trinajstić information content (AvgIpc) is 2.35. The van der Waals surface area contributed by atoms with Gasteiger partial charge in [-0.3, -0.25) is 0 Å². The number of hydrogen-bond acceptors (Lipinski definition) is 2. The molecule has 2 N–H and O–H groups in total. The van der Waals surface area contributed by atoms with Gasteiger partial charge in [-0.05, 0) is 55.3 Å². The first kappa shape index (κ1) is 13.0. The molecule has 0 saturated carbocycles. The lowest BCUT2D eigenvalue weighted by Gasteiger charge is -2.15. The second-order valence-corrected chi connectivity index (χ2v) is 5.34. The fourth-order valence-electron chi connectivity index (χ4n) is 1.87. The molecular formula is C15H16BrNO. The third kappa shape index (κ3) is 3.77. The lowest BCUT2D eigenvalue weighted by atomic mass is 10.1. The molecule has 2 aromatic rings. The summed E-state index contributed by atoms with van der Waals surface area (Å²) >= 11 is 3.42. The van der Waals surface area contributed by atoms with E-state index in [1.165, 1.54) is 5.56 Å². The van der Waals surface area contributed by atoms with Crippen LogP contribution in [0.1, 0.15) is 12.5 Å². The lowest BCUT2D eigenvalue weighted by molar-refractivity contribution is 0.475. The van der Waals surface area contributed by atoms with E-state index in [-0.39, 0.29) is 0 Å². The normalized spacial score (nSPS) is 12.1. The van der Waals surface area contributed by atoms with Gasteiger partial charge in [0, 0.05) is 16.2 Å². The van der Waals surface area contributed by atoms with E-state index >= 15 is 0 Å². The van der Waals surface area contributed by atoms with Crippen LogP contribution in [0.3, 0.4) is 0 Å². The molecule has 94 valence electrons. The molecule has 0 fully saturated rings. The van der Waals surface area contributed by atoms with Crippen LogP contribution in [-0.2, 0) is 6.42 Å². The summed E-state index contributed by atoms with van der Waals surface area (Å²) in [6.07, 6.45) is 0.927. The van der Waals surface area contributed by atoms with Gasteiger partial charge < -0.3 is 10.4 Å². The number of anilines is 1. The molecule has 0 aliphatic carbocycles. The molecule has 3 heteroatoms. The smallest absolute Gasteiger partial charge is 0.115 e. The van der Waals surface area contributed by atoms with E-state index in [2.05, 4.69) is 40.3 Å². The van der Waals surface area contributed by atoms with E-state index in [0.29, 0.717) is 11.8 Å². The minimum atomic E-state index is 0.312. The van der Waals surface area contributed by atoms with Crippen molar-refractivity contribution in [2.45, 2.75) is 19.4 Å². The second-order valence-electron chi connectivity index (χ2n) is 4.42. The van der Waals surface area contributed by atoms with E-state index < -0.39 is 0 Å². The van der Waals surface area contributed by atoms with Gasteiger partial charge in [0.05, 0.1) is 0 Å². The zero-order chi connectivity index (χ0) is 13.0. The first-order chi connectivity index (χ1) is 8.63. The van der Waals surface area contributed by atoms with E-state index in [4.69, 9.17) is 0 Å². The fraction of sp³-hybridized carbons (Fsp3) is 0.200. The molecular weight excluding hydrogens is 290 g/mol. The van der Waals surface area contributed by atoms with Crippen LogP contribution in [0.4, 0.5) is 5.69 Å². The summed E-state index contributed by atoms with van der Waals surface area (Å²) in [6, 6.07) is 15.9. The second kappa shape index (κ2) is 5.91. The number of phenolic OH excluding ortho intramolecular Hbond substituents is 1. The third-order valence-electron chi connectivity index (χ3n) is 2.74. The number of aromatic hydroxyl groups is 1. The standard InChI is InChI=1S/C15H16BrNO/c1-11(10-12-2-8-15(18)9-3-12)17-14-6-4-13(16)5-7-14/h2-9,11,17-18H,10H2,1H3. The van der Waals surface area contributed by atoms with Crippen molar-refractivity contribution in [2.24, 2.45) is 0 Å². The molecule has 1 atom stereocenters. The molecule has 2 nitrogen and oxygen atoms in total. The maximum atomic E-state index is 9.23. The highest BCUT2D eigenvalue weighted by Crippen LogP contribution is 2.17. The molecule has 18 heavy (non-hydrogen) atoms. The van der Waals surface area contributed by atoms with E-state index in [9.17, 15) is 5.11 Å². The van der Waals surface area contributed by atoms with Crippen molar-refractivity contribution in [2.75, 3.05) is 5.32 Å². The minimum Gasteiger partial charge on any atom is -0.508 e. The lowest BCUT2D eigenvalue weighted by Crippen LogP contribution is -2.17. The Morgan fingerprint density at radius 1 is 1.06 bits per heavy atom. The van der Waals surface area contributed by atoms with Crippen molar-refractivity contribution in [1.82, 2.24) is 0 Å². The molecule has 2 aromatic carbocycles. The van der Waals surface area contributed by atoms with Gasteiger partial charge in [-0.2, -0.15) is 0 Å². The average molecular weight is 306 g/mol. The summed E-state index contributed by atoms with van der Waals surface area (Å²) in [6.45, 7) is 2.15. The van der Waals surface area contributed by atoms with Crippen molar-refractivity contribution in [3.8, 4) is 5.75 Å². The van der Waals surface area contributed by atoms with Crippen molar-refractivity contribution in [1.29, 1.82) is 0 Å². The Balaban J connectivity index is 1.94. The highest BCUT2D eigenvalue weighted by atomic mass is 79.9. The van der Waals surface area contributed by atoms with Crippen LogP contribution < -0.4 is 5.32 Å². The van der Waals surface area contributed by atoms with Crippen LogP contribution in [0.25, 0.3) is 0 Å². The number of hydrogen-bond donors (Lipinski definition) is 2. The molecule has 1 unspecified atom stereocenters. The fourth-order valence-corrected chi connectivity index (χ4v) is 2.13. The van der Waals surface area contributed by atoms with Crippen molar-refractivity contribution in [3.05, 3.63) is 58.6 Å². The molecule has 0 radical (unpaired) electrons. The van der Waals surface area contributed by atoms with Gasteiger partial charge in [-0.25, -0.2) is 0 Å². The quantitative estimate of drug-likeness (QED) is 0.887. The Bertz CT molecular complexity index is 445. The van der Waals surface area contributed by atoms with Gasteiger partial charge in [0.15, 0.2) is 0 Å².